The molecule has 1 aromatic carbocycles. The van der Waals surface area contributed by atoms with Crippen LogP contribution in [-0.2, 0) is 28.7 Å². The predicted octanol–water partition coefficient (Wildman–Crippen LogP) is 5.11. The van der Waals surface area contributed by atoms with Gasteiger partial charge in [-0.1, -0.05) is 24.3 Å². The van der Waals surface area contributed by atoms with Crippen LogP contribution in [0.3, 0.4) is 0 Å². The Hall–Kier alpha value is -3.49. The number of aldehydes is 1. The van der Waals surface area contributed by atoms with Crippen molar-refractivity contribution in [2.24, 2.45) is 0 Å². The lowest BCUT2D eigenvalue weighted by atomic mass is 9.78. The zero-order valence-corrected chi connectivity index (χ0v) is 26.7. The first-order chi connectivity index (χ1) is 19.2. The highest BCUT2D eigenvalue weighted by Crippen LogP contribution is 2.41. The minimum Gasteiger partial charge on any atom is -0.458 e. The first-order valence-electron chi connectivity index (χ1n) is 14.5. The van der Waals surface area contributed by atoms with E-state index in [1.165, 1.54) is 19.9 Å². The first kappa shape index (κ1) is 33.0. The average molecular weight is 583 g/mol. The Morgan fingerprint density at radius 1 is 0.643 bits per heavy atom. The monoisotopic (exact) mass is 582 g/mol. The number of rotatable bonds is 6. The molecule has 2 aliphatic rings. The fraction of sp³-hybridized carbons (Fsp3) is 0.606. The summed E-state index contributed by atoms with van der Waals surface area (Å²) in [5, 5.41) is 0. The summed E-state index contributed by atoms with van der Waals surface area (Å²) in [5.41, 5.74) is -1.57. The molecule has 2 amide bonds. The van der Waals surface area contributed by atoms with Gasteiger partial charge in [-0.2, -0.15) is 0 Å². The molecule has 0 aliphatic carbocycles. The van der Waals surface area contributed by atoms with Gasteiger partial charge in [0, 0.05) is 67.2 Å². The molecule has 230 valence electrons. The van der Waals surface area contributed by atoms with Crippen LogP contribution in [0.2, 0.25) is 0 Å². The van der Waals surface area contributed by atoms with Crippen LogP contribution in [0.25, 0.3) is 6.08 Å². The average Bonchev–Trinajstić information content (AvgIpc) is 2.78. The number of benzene rings is 1. The van der Waals surface area contributed by atoms with Gasteiger partial charge in [0.25, 0.3) is 0 Å². The highest BCUT2D eigenvalue weighted by molar-refractivity contribution is 6.17. The van der Waals surface area contributed by atoms with E-state index in [4.69, 9.17) is 9.47 Å². The SMILES string of the molecule is CC(=O)N1C(C)(C)CC(OC(=O)C(=Cc2ccc(C=O)cc2)C(=O)OC2CC(C)(C)N(C(C)=O)C(C)(C)C2)CC1(C)C. The molecule has 2 saturated heterocycles. The van der Waals surface area contributed by atoms with Crippen molar-refractivity contribution in [3.05, 3.63) is 41.0 Å². The molecule has 9 nitrogen and oxygen atoms in total. The van der Waals surface area contributed by atoms with E-state index in [-0.39, 0.29) is 17.4 Å². The molecule has 3 rings (SSSR count). The standard InChI is InChI=1S/C33H46N2O7/c1-21(37)34-30(3,4)16-25(17-31(34,5)6)41-28(39)27(15-23-11-13-24(20-36)14-12-23)29(40)42-26-18-32(7,8)35(22(2)38)33(9,10)19-26/h11-15,20,25-26H,16-19H2,1-10H3. The zero-order valence-electron chi connectivity index (χ0n) is 26.7. The number of esters is 2. The van der Waals surface area contributed by atoms with Gasteiger partial charge < -0.3 is 19.3 Å². The summed E-state index contributed by atoms with van der Waals surface area (Å²) in [6, 6.07) is 6.47. The second kappa shape index (κ2) is 11.7. The maximum Gasteiger partial charge on any atom is 0.345 e. The van der Waals surface area contributed by atoms with Gasteiger partial charge in [-0.15, -0.1) is 0 Å². The fourth-order valence-electron chi connectivity index (χ4n) is 7.72. The molecule has 0 spiro atoms. The number of ether oxygens (including phenoxy) is 2. The largest absolute Gasteiger partial charge is 0.458 e. The van der Waals surface area contributed by atoms with Crippen molar-refractivity contribution in [3.63, 3.8) is 0 Å². The Morgan fingerprint density at radius 2 is 0.952 bits per heavy atom. The third-order valence-corrected chi connectivity index (χ3v) is 8.33. The lowest BCUT2D eigenvalue weighted by molar-refractivity contribution is -0.167. The molecule has 9 heteroatoms. The summed E-state index contributed by atoms with van der Waals surface area (Å²) < 4.78 is 11.9. The summed E-state index contributed by atoms with van der Waals surface area (Å²) in [6.07, 6.45) is 2.68. The van der Waals surface area contributed by atoms with Crippen LogP contribution in [0.1, 0.15) is 111 Å². The predicted molar refractivity (Wildman–Crippen MR) is 159 cm³/mol. The smallest absolute Gasteiger partial charge is 0.345 e. The molecule has 2 fully saturated rings. The summed E-state index contributed by atoms with van der Waals surface area (Å²) in [5.74, 6) is -1.74. The van der Waals surface area contributed by atoms with Crippen molar-refractivity contribution < 1.29 is 33.4 Å². The second-order valence-corrected chi connectivity index (χ2v) is 14.2. The molecule has 1 aromatic rings. The number of carbonyl (C=O) groups excluding carboxylic acids is 5. The number of likely N-dealkylation sites (tertiary alicyclic amines) is 2. The van der Waals surface area contributed by atoms with Gasteiger partial charge in [0.05, 0.1) is 0 Å². The lowest BCUT2D eigenvalue weighted by Crippen LogP contribution is -2.64. The van der Waals surface area contributed by atoms with Crippen LogP contribution >= 0.6 is 0 Å². The number of hydrogen-bond acceptors (Lipinski definition) is 7. The second-order valence-electron chi connectivity index (χ2n) is 14.2. The van der Waals surface area contributed by atoms with Gasteiger partial charge in [0.1, 0.15) is 24.1 Å². The van der Waals surface area contributed by atoms with Gasteiger partial charge in [0.2, 0.25) is 11.8 Å². The highest BCUT2D eigenvalue weighted by Gasteiger charge is 2.50. The summed E-state index contributed by atoms with van der Waals surface area (Å²) >= 11 is 0. The molecule has 0 radical (unpaired) electrons. The number of amides is 2. The van der Waals surface area contributed by atoms with E-state index in [1.54, 1.807) is 24.3 Å². The van der Waals surface area contributed by atoms with Crippen LogP contribution in [0.4, 0.5) is 0 Å². The van der Waals surface area contributed by atoms with Crippen LogP contribution in [-0.4, -0.2) is 74.2 Å². The van der Waals surface area contributed by atoms with Crippen LogP contribution < -0.4 is 0 Å². The highest BCUT2D eigenvalue weighted by atomic mass is 16.6. The van der Waals surface area contributed by atoms with E-state index < -0.39 is 46.3 Å². The molecule has 2 heterocycles. The lowest BCUT2D eigenvalue weighted by Gasteiger charge is -2.54. The number of hydrogen-bond donors (Lipinski definition) is 0. The van der Waals surface area contributed by atoms with Crippen molar-refractivity contribution in [2.75, 3.05) is 0 Å². The maximum atomic E-state index is 13.7. The third-order valence-electron chi connectivity index (χ3n) is 8.33. The molecule has 0 N–H and O–H groups in total. The summed E-state index contributed by atoms with van der Waals surface area (Å²) in [6.45, 7) is 18.6. The molecule has 0 aromatic heterocycles. The van der Waals surface area contributed by atoms with Gasteiger partial charge in [-0.05, 0) is 67.0 Å². The van der Waals surface area contributed by atoms with Gasteiger partial charge in [-0.25, -0.2) is 9.59 Å². The number of piperidine rings is 2. The Balaban J connectivity index is 1.91. The normalized spacial score (nSPS) is 21.2. The van der Waals surface area contributed by atoms with Crippen molar-refractivity contribution in [1.82, 2.24) is 9.80 Å². The molecular weight excluding hydrogens is 536 g/mol. The summed E-state index contributed by atoms with van der Waals surface area (Å²) in [7, 11) is 0. The minimum atomic E-state index is -0.813. The van der Waals surface area contributed by atoms with E-state index in [9.17, 15) is 24.0 Å². The van der Waals surface area contributed by atoms with Crippen molar-refractivity contribution in [3.8, 4) is 0 Å². The molecule has 0 unspecified atom stereocenters. The van der Waals surface area contributed by atoms with Gasteiger partial charge in [0.15, 0.2) is 0 Å². The molecule has 2 aliphatic heterocycles. The van der Waals surface area contributed by atoms with Crippen LogP contribution in [0.5, 0.6) is 0 Å². The summed E-state index contributed by atoms with van der Waals surface area (Å²) in [4.78, 5) is 67.0. The Kier molecular flexibility index (Phi) is 9.16. The molecule has 0 bridgehead atoms. The van der Waals surface area contributed by atoms with E-state index in [0.717, 1.165) is 0 Å². The Bertz CT molecular complexity index is 1170. The number of carbonyl (C=O) groups is 5. The third kappa shape index (κ3) is 7.10. The van der Waals surface area contributed by atoms with Crippen LogP contribution in [0.15, 0.2) is 29.8 Å². The number of nitrogens with zero attached hydrogens (tertiary/aromatic N) is 2. The Labute approximate surface area is 249 Å². The molecule has 42 heavy (non-hydrogen) atoms. The Morgan fingerprint density at radius 3 is 1.24 bits per heavy atom. The van der Waals surface area contributed by atoms with Crippen molar-refractivity contribution >= 4 is 36.1 Å². The van der Waals surface area contributed by atoms with Gasteiger partial charge in [-0.3, -0.25) is 14.4 Å². The quantitative estimate of drug-likeness (QED) is 0.151. The van der Waals surface area contributed by atoms with E-state index >= 15 is 0 Å². The van der Waals surface area contributed by atoms with Crippen molar-refractivity contribution in [1.29, 1.82) is 0 Å². The fourth-order valence-corrected chi connectivity index (χ4v) is 7.72. The van der Waals surface area contributed by atoms with Gasteiger partial charge >= 0.3 is 11.9 Å². The van der Waals surface area contributed by atoms with E-state index in [2.05, 4.69) is 0 Å². The maximum absolute atomic E-state index is 13.7. The van der Waals surface area contributed by atoms with E-state index in [0.29, 0.717) is 43.1 Å². The minimum absolute atomic E-state index is 0.0561. The molecule has 0 saturated carbocycles. The topological polar surface area (TPSA) is 110 Å². The zero-order chi connectivity index (χ0) is 31.8. The van der Waals surface area contributed by atoms with Crippen molar-refractivity contribution in [2.45, 2.75) is 129 Å². The van der Waals surface area contributed by atoms with E-state index in [1.807, 2.05) is 65.2 Å². The molecule has 0 atom stereocenters. The van der Waals surface area contributed by atoms with Crippen LogP contribution in [0, 0.1) is 0 Å². The molecular formula is C33H46N2O7. The first-order valence-corrected chi connectivity index (χ1v) is 14.5.